The molecule has 2 N–H and O–H groups in total. The molecule has 0 radical (unpaired) electrons. The number of aliphatic carboxylic acids is 1. The van der Waals surface area contributed by atoms with E-state index in [2.05, 4.69) is 21.2 Å². The normalized spacial score (nSPS) is 10.9. The summed E-state index contributed by atoms with van der Waals surface area (Å²) >= 11 is 3.30. The van der Waals surface area contributed by atoms with E-state index in [1.165, 1.54) is 0 Å². The number of carboxylic acids is 1. The van der Waals surface area contributed by atoms with E-state index in [1.807, 2.05) is 6.07 Å². The molecule has 104 valence electrons. The zero-order valence-electron chi connectivity index (χ0n) is 10.8. The third-order valence-corrected chi connectivity index (χ3v) is 3.16. The number of carbonyl (C=O) groups excluding carboxylic acids is 1. The van der Waals surface area contributed by atoms with E-state index in [4.69, 9.17) is 9.84 Å². The van der Waals surface area contributed by atoms with Crippen molar-refractivity contribution < 1.29 is 19.4 Å². The van der Waals surface area contributed by atoms with Crippen LogP contribution in [-0.4, -0.2) is 30.1 Å². The molecule has 1 amide bonds. The van der Waals surface area contributed by atoms with Crippen LogP contribution in [0.15, 0.2) is 28.7 Å². The Morgan fingerprint density at radius 1 is 1.37 bits per heavy atom. The second-order valence-corrected chi connectivity index (χ2v) is 5.54. The van der Waals surface area contributed by atoms with Gasteiger partial charge < -0.3 is 15.2 Å². The van der Waals surface area contributed by atoms with Gasteiger partial charge in [-0.3, -0.25) is 9.59 Å². The van der Waals surface area contributed by atoms with Crippen LogP contribution < -0.4 is 10.1 Å². The van der Waals surface area contributed by atoms with Gasteiger partial charge in [-0.15, -0.1) is 0 Å². The lowest BCUT2D eigenvalue weighted by Gasteiger charge is -2.19. The first-order valence-electron chi connectivity index (χ1n) is 5.70. The molecule has 0 bridgehead atoms. The van der Waals surface area contributed by atoms with Gasteiger partial charge >= 0.3 is 5.97 Å². The lowest BCUT2D eigenvalue weighted by Crippen LogP contribution is -2.40. The summed E-state index contributed by atoms with van der Waals surface area (Å²) in [5.74, 6) is -0.750. The van der Waals surface area contributed by atoms with E-state index in [-0.39, 0.29) is 19.1 Å². The number of carboxylic acid groups (broad SMARTS) is 1. The van der Waals surface area contributed by atoms with E-state index in [9.17, 15) is 9.59 Å². The summed E-state index contributed by atoms with van der Waals surface area (Å²) in [7, 11) is 0. The van der Waals surface area contributed by atoms with Crippen molar-refractivity contribution in [2.75, 3.05) is 13.2 Å². The quantitative estimate of drug-likeness (QED) is 0.837. The average Bonchev–Trinajstić information content (AvgIpc) is 2.35. The third kappa shape index (κ3) is 4.90. The largest absolute Gasteiger partial charge is 0.483 e. The van der Waals surface area contributed by atoms with Crippen LogP contribution in [0.5, 0.6) is 5.75 Å². The molecule has 1 aromatic rings. The molecule has 0 fully saturated rings. The molecular formula is C13H16BrNO4. The summed E-state index contributed by atoms with van der Waals surface area (Å²) in [6.45, 7) is 2.99. The fourth-order valence-electron chi connectivity index (χ4n) is 1.15. The number of hydrogen-bond donors (Lipinski definition) is 2. The van der Waals surface area contributed by atoms with Crippen LogP contribution in [0, 0.1) is 5.41 Å². The summed E-state index contributed by atoms with van der Waals surface area (Å²) in [5, 5.41) is 11.4. The van der Waals surface area contributed by atoms with Crippen molar-refractivity contribution in [1.82, 2.24) is 5.32 Å². The minimum atomic E-state index is -0.997. The smallest absolute Gasteiger partial charge is 0.310 e. The maximum atomic E-state index is 11.6. The summed E-state index contributed by atoms with van der Waals surface area (Å²) in [6.07, 6.45) is 0. The number of rotatable bonds is 6. The zero-order valence-corrected chi connectivity index (χ0v) is 12.4. The highest BCUT2D eigenvalue weighted by atomic mass is 79.9. The Hall–Kier alpha value is -1.56. The molecule has 0 saturated carbocycles. The van der Waals surface area contributed by atoms with Gasteiger partial charge in [0.2, 0.25) is 0 Å². The topological polar surface area (TPSA) is 75.6 Å². The number of amides is 1. The number of ether oxygens (including phenoxy) is 1. The lowest BCUT2D eigenvalue weighted by atomic mass is 9.94. The van der Waals surface area contributed by atoms with Crippen molar-refractivity contribution in [1.29, 1.82) is 0 Å². The Morgan fingerprint density at radius 3 is 2.58 bits per heavy atom. The Balaban J connectivity index is 2.41. The van der Waals surface area contributed by atoms with Gasteiger partial charge in [-0.05, 0) is 41.9 Å². The monoisotopic (exact) mass is 329 g/mol. The maximum absolute atomic E-state index is 11.6. The Labute approximate surface area is 120 Å². The Morgan fingerprint density at radius 2 is 2.00 bits per heavy atom. The molecular weight excluding hydrogens is 314 g/mol. The van der Waals surface area contributed by atoms with Crippen LogP contribution in [0.4, 0.5) is 0 Å². The van der Waals surface area contributed by atoms with E-state index >= 15 is 0 Å². The standard InChI is InChI=1S/C13H16BrNO4/c1-13(2,12(17)18)8-15-11(16)7-19-10-6-4-3-5-9(10)14/h3-6H,7-8H2,1-2H3,(H,15,16)(H,17,18). The molecule has 6 heteroatoms. The van der Waals surface area contributed by atoms with Gasteiger partial charge in [-0.1, -0.05) is 12.1 Å². The molecule has 0 heterocycles. The van der Waals surface area contributed by atoms with E-state index in [0.29, 0.717) is 5.75 Å². The second-order valence-electron chi connectivity index (χ2n) is 4.68. The highest BCUT2D eigenvalue weighted by Gasteiger charge is 2.27. The first kappa shape index (κ1) is 15.5. The van der Waals surface area contributed by atoms with Crippen LogP contribution in [-0.2, 0) is 9.59 Å². The van der Waals surface area contributed by atoms with E-state index in [1.54, 1.807) is 32.0 Å². The van der Waals surface area contributed by atoms with Gasteiger partial charge in [0.15, 0.2) is 6.61 Å². The number of halogens is 1. The van der Waals surface area contributed by atoms with Crippen LogP contribution >= 0.6 is 15.9 Å². The number of benzene rings is 1. The molecule has 1 rings (SSSR count). The van der Waals surface area contributed by atoms with Crippen molar-refractivity contribution in [3.05, 3.63) is 28.7 Å². The number of hydrogen-bond acceptors (Lipinski definition) is 3. The van der Waals surface area contributed by atoms with Crippen molar-refractivity contribution in [2.24, 2.45) is 5.41 Å². The SMILES string of the molecule is CC(C)(CNC(=O)COc1ccccc1Br)C(=O)O. The minimum Gasteiger partial charge on any atom is -0.483 e. The van der Waals surface area contributed by atoms with Crippen LogP contribution in [0.3, 0.4) is 0 Å². The number of nitrogens with one attached hydrogen (secondary N) is 1. The Kier molecular flexibility index (Phi) is 5.35. The van der Waals surface area contributed by atoms with Crippen molar-refractivity contribution in [3.8, 4) is 5.75 Å². The van der Waals surface area contributed by atoms with Crippen molar-refractivity contribution in [2.45, 2.75) is 13.8 Å². The molecule has 0 aromatic heterocycles. The van der Waals surface area contributed by atoms with Crippen molar-refractivity contribution in [3.63, 3.8) is 0 Å². The van der Waals surface area contributed by atoms with Gasteiger partial charge in [0.05, 0.1) is 9.89 Å². The Bertz CT molecular complexity index is 473. The van der Waals surface area contributed by atoms with Gasteiger partial charge in [0, 0.05) is 6.54 Å². The van der Waals surface area contributed by atoms with Crippen LogP contribution in [0.25, 0.3) is 0 Å². The molecule has 0 aliphatic rings. The molecule has 0 atom stereocenters. The fourth-order valence-corrected chi connectivity index (χ4v) is 1.55. The first-order valence-corrected chi connectivity index (χ1v) is 6.49. The predicted octanol–water partition coefficient (Wildman–Crippen LogP) is 2.05. The predicted molar refractivity (Wildman–Crippen MR) is 74.1 cm³/mol. The van der Waals surface area contributed by atoms with Gasteiger partial charge in [0.25, 0.3) is 5.91 Å². The second kappa shape index (κ2) is 6.56. The zero-order chi connectivity index (χ0) is 14.5. The first-order chi connectivity index (χ1) is 8.83. The molecule has 0 aliphatic carbocycles. The van der Waals surface area contributed by atoms with Gasteiger partial charge in [0.1, 0.15) is 5.75 Å². The highest BCUT2D eigenvalue weighted by molar-refractivity contribution is 9.10. The molecule has 0 aliphatic heterocycles. The minimum absolute atomic E-state index is 0.0560. The van der Waals surface area contributed by atoms with E-state index in [0.717, 1.165) is 4.47 Å². The molecule has 0 unspecified atom stereocenters. The summed E-state index contributed by atoms with van der Waals surface area (Å²) < 4.78 is 6.08. The molecule has 5 nitrogen and oxygen atoms in total. The molecule has 0 saturated heterocycles. The van der Waals surface area contributed by atoms with Gasteiger partial charge in [-0.2, -0.15) is 0 Å². The summed E-state index contributed by atoms with van der Waals surface area (Å²) in [4.78, 5) is 22.4. The van der Waals surface area contributed by atoms with Crippen LogP contribution in [0.1, 0.15) is 13.8 Å². The molecule has 0 spiro atoms. The fraction of sp³-hybridized carbons (Fsp3) is 0.385. The van der Waals surface area contributed by atoms with Crippen molar-refractivity contribution >= 4 is 27.8 Å². The number of carbonyl (C=O) groups is 2. The maximum Gasteiger partial charge on any atom is 0.310 e. The third-order valence-electron chi connectivity index (χ3n) is 2.50. The van der Waals surface area contributed by atoms with Gasteiger partial charge in [-0.25, -0.2) is 0 Å². The molecule has 19 heavy (non-hydrogen) atoms. The summed E-state index contributed by atoms with van der Waals surface area (Å²) in [5.41, 5.74) is -0.997. The molecule has 1 aromatic carbocycles. The highest BCUT2D eigenvalue weighted by Crippen LogP contribution is 2.23. The van der Waals surface area contributed by atoms with Crippen LogP contribution in [0.2, 0.25) is 0 Å². The van der Waals surface area contributed by atoms with E-state index < -0.39 is 11.4 Å². The average molecular weight is 330 g/mol. The number of para-hydroxylation sites is 1. The summed E-state index contributed by atoms with van der Waals surface area (Å²) in [6, 6.07) is 7.18. The lowest BCUT2D eigenvalue weighted by molar-refractivity contribution is -0.146.